The molecule has 0 aliphatic heterocycles. The molecule has 4 aromatic rings. The summed E-state index contributed by atoms with van der Waals surface area (Å²) in [6, 6.07) is 17.2. The summed E-state index contributed by atoms with van der Waals surface area (Å²) in [5, 5.41) is 15.4. The van der Waals surface area contributed by atoms with E-state index in [-0.39, 0.29) is 5.91 Å². The largest absolute Gasteiger partial charge is 0.366 e. The Morgan fingerprint density at radius 2 is 1.46 bits per heavy atom. The third-order valence-electron chi connectivity index (χ3n) is 5.61. The van der Waals surface area contributed by atoms with E-state index in [1.807, 2.05) is 67.5 Å². The van der Waals surface area contributed by atoms with Gasteiger partial charge in [-0.05, 0) is 61.3 Å². The van der Waals surface area contributed by atoms with E-state index < -0.39 is 0 Å². The molecule has 0 saturated carbocycles. The van der Waals surface area contributed by atoms with Crippen LogP contribution in [0.5, 0.6) is 0 Å². The zero-order valence-corrected chi connectivity index (χ0v) is 21.0. The molecule has 37 heavy (non-hydrogen) atoms. The second-order valence-electron chi connectivity index (χ2n) is 8.54. The van der Waals surface area contributed by atoms with Gasteiger partial charge >= 0.3 is 0 Å². The first kappa shape index (κ1) is 27.3. The number of nitriles is 1. The average Bonchev–Trinajstić information content (AvgIpc) is 3.64. The molecular formula is C28H34N8O. The standard InChI is InChI=1S/C14H18N4O.C14H16N4/c15-14(19)13-4-1-3-12(9-13)10-16-5-2-7-18-8-6-17-11-18;15-10-13-2-4-14(5-3-13)11-16-6-1-8-18-9-7-17-12-18/h1,3-4,6,8-9,11,16H,2,5,7,10H2,(H2,15,19);2-5,7,9,12,16H,1,6,8,11H2. The summed E-state index contributed by atoms with van der Waals surface area (Å²) in [5.41, 5.74) is 8.78. The summed E-state index contributed by atoms with van der Waals surface area (Å²) in [7, 11) is 0. The fourth-order valence-electron chi connectivity index (χ4n) is 3.61. The monoisotopic (exact) mass is 498 g/mol. The first-order valence-electron chi connectivity index (χ1n) is 12.3. The summed E-state index contributed by atoms with van der Waals surface area (Å²) in [6.45, 7) is 5.41. The summed E-state index contributed by atoms with van der Waals surface area (Å²) in [5.74, 6) is -0.387. The molecular weight excluding hydrogens is 464 g/mol. The molecule has 0 aliphatic rings. The van der Waals surface area contributed by atoms with Gasteiger partial charge in [-0.25, -0.2) is 9.97 Å². The Balaban J connectivity index is 0.000000206. The van der Waals surface area contributed by atoms with Crippen molar-refractivity contribution in [2.24, 2.45) is 5.73 Å². The van der Waals surface area contributed by atoms with Crippen LogP contribution in [-0.2, 0) is 26.2 Å². The maximum Gasteiger partial charge on any atom is 0.248 e. The summed E-state index contributed by atoms with van der Waals surface area (Å²) < 4.78 is 4.12. The minimum absolute atomic E-state index is 0.387. The molecule has 0 spiro atoms. The molecule has 9 heteroatoms. The van der Waals surface area contributed by atoms with E-state index in [4.69, 9.17) is 11.0 Å². The van der Waals surface area contributed by atoms with Gasteiger partial charge in [-0.15, -0.1) is 0 Å². The van der Waals surface area contributed by atoms with Gasteiger partial charge in [-0.1, -0.05) is 24.3 Å². The van der Waals surface area contributed by atoms with Crippen LogP contribution in [0.2, 0.25) is 0 Å². The fraction of sp³-hybridized carbons (Fsp3) is 0.286. The molecule has 0 fully saturated rings. The molecule has 192 valence electrons. The van der Waals surface area contributed by atoms with Crippen molar-refractivity contribution in [2.45, 2.75) is 39.0 Å². The number of hydrogen-bond acceptors (Lipinski definition) is 6. The number of aromatic nitrogens is 4. The Hall–Kier alpha value is -4.26. The quantitative estimate of drug-likeness (QED) is 0.243. The number of hydrogen-bond donors (Lipinski definition) is 3. The van der Waals surface area contributed by atoms with Gasteiger partial charge in [-0.3, -0.25) is 4.79 Å². The number of benzene rings is 2. The second-order valence-corrected chi connectivity index (χ2v) is 8.54. The van der Waals surface area contributed by atoms with Crippen LogP contribution >= 0.6 is 0 Å². The lowest BCUT2D eigenvalue weighted by Crippen LogP contribution is -2.17. The first-order chi connectivity index (χ1) is 18.1. The molecule has 0 bridgehead atoms. The highest BCUT2D eigenvalue weighted by atomic mass is 16.1. The Morgan fingerprint density at radius 3 is 1.97 bits per heavy atom. The lowest BCUT2D eigenvalue weighted by molar-refractivity contribution is 0.1000. The molecule has 2 aromatic heterocycles. The predicted octanol–water partition coefficient (Wildman–Crippen LogP) is 3.10. The number of nitrogens with one attached hydrogen (secondary N) is 2. The fourth-order valence-corrected chi connectivity index (χ4v) is 3.61. The van der Waals surface area contributed by atoms with Crippen LogP contribution in [0.25, 0.3) is 0 Å². The van der Waals surface area contributed by atoms with Crippen LogP contribution in [0.15, 0.2) is 86.0 Å². The van der Waals surface area contributed by atoms with Gasteiger partial charge in [0.2, 0.25) is 5.91 Å². The number of amides is 1. The number of rotatable bonds is 13. The topological polar surface area (TPSA) is 127 Å². The lowest BCUT2D eigenvalue weighted by atomic mass is 10.1. The Bertz CT molecular complexity index is 1210. The van der Waals surface area contributed by atoms with Crippen molar-refractivity contribution in [1.82, 2.24) is 29.7 Å². The number of nitrogens with zero attached hydrogens (tertiary/aromatic N) is 5. The molecule has 4 N–H and O–H groups in total. The molecule has 9 nitrogen and oxygen atoms in total. The van der Waals surface area contributed by atoms with E-state index in [0.29, 0.717) is 11.1 Å². The number of carbonyl (C=O) groups is 1. The Labute approximate surface area is 218 Å². The zero-order valence-electron chi connectivity index (χ0n) is 21.0. The molecule has 0 unspecified atom stereocenters. The van der Waals surface area contributed by atoms with Crippen LogP contribution in [0, 0.1) is 11.3 Å². The van der Waals surface area contributed by atoms with Gasteiger partial charge in [0.15, 0.2) is 0 Å². The highest BCUT2D eigenvalue weighted by Crippen LogP contribution is 2.05. The molecule has 4 rings (SSSR count). The highest BCUT2D eigenvalue weighted by Gasteiger charge is 2.01. The van der Waals surface area contributed by atoms with Crippen LogP contribution in [0.1, 0.15) is 39.9 Å². The van der Waals surface area contributed by atoms with E-state index in [1.165, 1.54) is 5.56 Å². The molecule has 2 aromatic carbocycles. The molecule has 1 amide bonds. The average molecular weight is 499 g/mol. The summed E-state index contributed by atoms with van der Waals surface area (Å²) >= 11 is 0. The van der Waals surface area contributed by atoms with Crippen LogP contribution in [-0.4, -0.2) is 38.1 Å². The molecule has 0 saturated heterocycles. The Morgan fingerprint density at radius 1 is 0.865 bits per heavy atom. The normalized spacial score (nSPS) is 10.4. The minimum Gasteiger partial charge on any atom is -0.366 e. The molecule has 0 aliphatic carbocycles. The van der Waals surface area contributed by atoms with Gasteiger partial charge in [0.25, 0.3) is 0 Å². The second kappa shape index (κ2) is 15.7. The van der Waals surface area contributed by atoms with Crippen molar-refractivity contribution in [1.29, 1.82) is 5.26 Å². The SMILES string of the molecule is N#Cc1ccc(CNCCCn2ccnc2)cc1.NC(=O)c1cccc(CNCCCn2ccnc2)c1. The summed E-state index contributed by atoms with van der Waals surface area (Å²) in [6.07, 6.45) is 13.3. The van der Waals surface area contributed by atoms with Crippen LogP contribution in [0.3, 0.4) is 0 Å². The smallest absolute Gasteiger partial charge is 0.248 e. The van der Waals surface area contributed by atoms with Gasteiger partial charge in [0, 0.05) is 56.5 Å². The predicted molar refractivity (Wildman–Crippen MR) is 143 cm³/mol. The molecule has 0 atom stereocenters. The van der Waals surface area contributed by atoms with E-state index in [0.717, 1.165) is 57.7 Å². The maximum absolute atomic E-state index is 11.1. The van der Waals surface area contributed by atoms with Gasteiger partial charge in [-0.2, -0.15) is 5.26 Å². The highest BCUT2D eigenvalue weighted by molar-refractivity contribution is 5.92. The van der Waals surface area contributed by atoms with E-state index in [2.05, 4.69) is 35.8 Å². The van der Waals surface area contributed by atoms with Gasteiger partial charge in [0.1, 0.15) is 0 Å². The Kier molecular flexibility index (Phi) is 11.6. The lowest BCUT2D eigenvalue weighted by Gasteiger charge is -2.06. The van der Waals surface area contributed by atoms with Crippen molar-refractivity contribution in [3.8, 4) is 6.07 Å². The minimum atomic E-state index is -0.387. The number of carbonyl (C=O) groups excluding carboxylic acids is 1. The number of primary amides is 1. The number of aryl methyl sites for hydroxylation is 2. The van der Waals surface area contributed by atoms with Gasteiger partial charge in [0.05, 0.1) is 24.3 Å². The summed E-state index contributed by atoms with van der Waals surface area (Å²) in [4.78, 5) is 19.0. The van der Waals surface area contributed by atoms with Crippen molar-refractivity contribution >= 4 is 5.91 Å². The maximum atomic E-state index is 11.1. The van der Waals surface area contributed by atoms with Crippen LogP contribution < -0.4 is 16.4 Å². The third kappa shape index (κ3) is 10.5. The van der Waals surface area contributed by atoms with Crippen molar-refractivity contribution in [3.63, 3.8) is 0 Å². The van der Waals surface area contributed by atoms with Gasteiger partial charge < -0.3 is 25.5 Å². The number of nitrogens with two attached hydrogens (primary N) is 1. The van der Waals surface area contributed by atoms with Crippen LogP contribution in [0.4, 0.5) is 0 Å². The number of imidazole rings is 2. The van der Waals surface area contributed by atoms with E-state index in [9.17, 15) is 4.79 Å². The third-order valence-corrected chi connectivity index (χ3v) is 5.61. The van der Waals surface area contributed by atoms with E-state index in [1.54, 1.807) is 18.5 Å². The van der Waals surface area contributed by atoms with Crippen molar-refractivity contribution in [2.75, 3.05) is 13.1 Å². The first-order valence-corrected chi connectivity index (χ1v) is 12.3. The van der Waals surface area contributed by atoms with Crippen molar-refractivity contribution in [3.05, 3.63) is 108 Å². The molecule has 2 heterocycles. The van der Waals surface area contributed by atoms with Crippen molar-refractivity contribution < 1.29 is 4.79 Å². The zero-order chi connectivity index (χ0) is 26.1. The van der Waals surface area contributed by atoms with E-state index >= 15 is 0 Å². The molecule has 0 radical (unpaired) electrons.